The number of hydrogen-bond acceptors (Lipinski definition) is 7. The molecule has 0 unspecified atom stereocenters. The Morgan fingerprint density at radius 3 is 2.70 bits per heavy atom. The molecule has 0 fully saturated rings. The second-order valence-electron chi connectivity index (χ2n) is 7.29. The van der Waals surface area contributed by atoms with E-state index in [-0.39, 0.29) is 12.2 Å². The molecule has 0 saturated heterocycles. The maximum atomic E-state index is 12.5. The fraction of sp³-hybridized carbons (Fsp3) is 0.684. The summed E-state index contributed by atoms with van der Waals surface area (Å²) in [4.78, 5) is 23.9. The molecular formula is C19H31N3O4S. The number of aliphatic hydroxyl groups is 1. The lowest BCUT2D eigenvalue weighted by Crippen LogP contribution is -2.37. The molecule has 1 atom stereocenters. The number of thiophene rings is 1. The van der Waals surface area contributed by atoms with Gasteiger partial charge in [-0.25, -0.2) is 4.98 Å². The molecular weight excluding hydrogens is 366 g/mol. The van der Waals surface area contributed by atoms with Crippen LogP contribution in [0.25, 0.3) is 10.2 Å². The zero-order valence-corrected chi connectivity index (χ0v) is 17.7. The van der Waals surface area contributed by atoms with E-state index in [2.05, 4.69) is 23.8 Å². The SMILES string of the molecule is COCCN(Cc1nc2sc(C)c(C)c2c(=O)[nH]1)C[C@H](O)COCC(C)C. The number of H-pyrrole nitrogens is 1. The molecule has 0 aliphatic rings. The van der Waals surface area contributed by atoms with Gasteiger partial charge < -0.3 is 19.6 Å². The van der Waals surface area contributed by atoms with Crippen molar-refractivity contribution < 1.29 is 14.6 Å². The maximum Gasteiger partial charge on any atom is 0.259 e. The first-order valence-electron chi connectivity index (χ1n) is 9.27. The second-order valence-corrected chi connectivity index (χ2v) is 8.49. The minimum absolute atomic E-state index is 0.107. The Labute approximate surface area is 164 Å². The molecule has 0 bridgehead atoms. The average Bonchev–Trinajstić information content (AvgIpc) is 2.86. The lowest BCUT2D eigenvalue weighted by atomic mass is 10.2. The molecule has 0 aromatic carbocycles. The van der Waals surface area contributed by atoms with Crippen molar-refractivity contribution in [3.05, 3.63) is 26.6 Å². The molecule has 152 valence electrons. The smallest absolute Gasteiger partial charge is 0.259 e. The van der Waals surface area contributed by atoms with Crippen LogP contribution in [0.1, 0.15) is 30.1 Å². The Bertz CT molecular complexity index is 787. The van der Waals surface area contributed by atoms with E-state index < -0.39 is 6.10 Å². The third-order valence-corrected chi connectivity index (χ3v) is 5.40. The minimum atomic E-state index is -0.609. The fourth-order valence-electron chi connectivity index (χ4n) is 2.83. The van der Waals surface area contributed by atoms with Crippen molar-refractivity contribution in [1.82, 2.24) is 14.9 Å². The van der Waals surface area contributed by atoms with Gasteiger partial charge in [-0.05, 0) is 25.3 Å². The number of aryl methyl sites for hydroxylation is 2. The van der Waals surface area contributed by atoms with Gasteiger partial charge in [0.2, 0.25) is 0 Å². The Morgan fingerprint density at radius 2 is 2.04 bits per heavy atom. The summed E-state index contributed by atoms with van der Waals surface area (Å²) < 4.78 is 10.7. The highest BCUT2D eigenvalue weighted by atomic mass is 32.1. The molecule has 0 saturated carbocycles. The number of fused-ring (bicyclic) bond motifs is 1. The predicted octanol–water partition coefficient (Wildman–Crippen LogP) is 2.08. The minimum Gasteiger partial charge on any atom is -0.389 e. The van der Waals surface area contributed by atoms with Crippen LogP contribution in [0.4, 0.5) is 0 Å². The molecule has 2 N–H and O–H groups in total. The van der Waals surface area contributed by atoms with Crippen molar-refractivity contribution in [3.8, 4) is 0 Å². The number of aromatic amines is 1. The number of ether oxygens (including phenoxy) is 2. The summed E-state index contributed by atoms with van der Waals surface area (Å²) in [6, 6.07) is 0. The normalized spacial score (nSPS) is 13.2. The Balaban J connectivity index is 2.08. The van der Waals surface area contributed by atoms with E-state index in [1.165, 1.54) is 11.3 Å². The summed E-state index contributed by atoms with van der Waals surface area (Å²) in [6.45, 7) is 11.0. The van der Waals surface area contributed by atoms with Crippen LogP contribution in [0.2, 0.25) is 0 Å². The summed E-state index contributed by atoms with van der Waals surface area (Å²) in [6.07, 6.45) is -0.609. The van der Waals surface area contributed by atoms with E-state index in [1.807, 2.05) is 18.7 Å². The number of hydrogen-bond donors (Lipinski definition) is 2. The standard InChI is InChI=1S/C19H31N3O4S/c1-12(2)10-26-11-15(23)8-22(6-7-25-5)9-16-20-18(24)17-13(3)14(4)27-19(17)21-16/h12,15,23H,6-11H2,1-5H3,(H,20,21,24)/t15-/m0/s1. The van der Waals surface area contributed by atoms with Gasteiger partial charge in [-0.3, -0.25) is 9.69 Å². The summed E-state index contributed by atoms with van der Waals surface area (Å²) in [5.74, 6) is 1.03. The average molecular weight is 398 g/mol. The number of aromatic nitrogens is 2. The van der Waals surface area contributed by atoms with E-state index in [0.717, 1.165) is 15.3 Å². The van der Waals surface area contributed by atoms with Crippen LogP contribution in [-0.4, -0.2) is 66.1 Å². The van der Waals surface area contributed by atoms with Crippen molar-refractivity contribution in [2.75, 3.05) is 40.0 Å². The predicted molar refractivity (Wildman–Crippen MR) is 109 cm³/mol. The first-order valence-corrected chi connectivity index (χ1v) is 10.1. The molecule has 0 spiro atoms. The Kier molecular flexibility index (Phi) is 8.37. The lowest BCUT2D eigenvalue weighted by molar-refractivity contribution is 0.00296. The highest BCUT2D eigenvalue weighted by Crippen LogP contribution is 2.25. The fourth-order valence-corrected chi connectivity index (χ4v) is 3.88. The van der Waals surface area contributed by atoms with Gasteiger partial charge in [0.1, 0.15) is 10.7 Å². The highest BCUT2D eigenvalue weighted by Gasteiger charge is 2.16. The van der Waals surface area contributed by atoms with E-state index in [4.69, 9.17) is 9.47 Å². The van der Waals surface area contributed by atoms with Gasteiger partial charge in [0.05, 0.1) is 31.2 Å². The summed E-state index contributed by atoms with van der Waals surface area (Å²) in [5, 5.41) is 11.0. The van der Waals surface area contributed by atoms with Crippen LogP contribution < -0.4 is 5.56 Å². The molecule has 8 heteroatoms. The molecule has 2 aromatic rings. The molecule has 7 nitrogen and oxygen atoms in total. The first kappa shape index (κ1) is 22.0. The maximum absolute atomic E-state index is 12.5. The second kappa shape index (κ2) is 10.3. The topological polar surface area (TPSA) is 87.7 Å². The molecule has 2 heterocycles. The number of nitrogens with one attached hydrogen (secondary N) is 1. The summed E-state index contributed by atoms with van der Waals surface area (Å²) >= 11 is 1.54. The first-order chi connectivity index (χ1) is 12.8. The molecule has 0 radical (unpaired) electrons. The molecule has 2 rings (SSSR count). The Hall–Kier alpha value is -1.32. The van der Waals surface area contributed by atoms with E-state index in [1.54, 1.807) is 7.11 Å². The van der Waals surface area contributed by atoms with Crippen LogP contribution in [0.3, 0.4) is 0 Å². The van der Waals surface area contributed by atoms with E-state index in [0.29, 0.717) is 50.0 Å². The van der Waals surface area contributed by atoms with Crippen molar-refractivity contribution >= 4 is 21.6 Å². The van der Waals surface area contributed by atoms with Gasteiger partial charge >= 0.3 is 0 Å². The van der Waals surface area contributed by atoms with Crippen LogP contribution in [0.5, 0.6) is 0 Å². The number of methoxy groups -OCH3 is 1. The van der Waals surface area contributed by atoms with Crippen molar-refractivity contribution in [2.24, 2.45) is 5.92 Å². The number of nitrogens with zero attached hydrogens (tertiary/aromatic N) is 2. The van der Waals surface area contributed by atoms with Crippen molar-refractivity contribution in [2.45, 2.75) is 40.3 Å². The molecule has 0 aliphatic heterocycles. The van der Waals surface area contributed by atoms with Crippen molar-refractivity contribution in [1.29, 1.82) is 0 Å². The van der Waals surface area contributed by atoms with Gasteiger partial charge in [-0.15, -0.1) is 11.3 Å². The lowest BCUT2D eigenvalue weighted by Gasteiger charge is -2.24. The molecule has 0 aliphatic carbocycles. The van der Waals surface area contributed by atoms with Crippen molar-refractivity contribution in [3.63, 3.8) is 0 Å². The van der Waals surface area contributed by atoms with Gasteiger partial charge in [0, 0.05) is 31.7 Å². The monoisotopic (exact) mass is 397 g/mol. The molecule has 27 heavy (non-hydrogen) atoms. The summed E-state index contributed by atoms with van der Waals surface area (Å²) in [5.41, 5.74) is 0.883. The summed E-state index contributed by atoms with van der Waals surface area (Å²) in [7, 11) is 1.64. The highest BCUT2D eigenvalue weighted by molar-refractivity contribution is 7.18. The quantitative estimate of drug-likeness (QED) is 0.604. The largest absolute Gasteiger partial charge is 0.389 e. The third-order valence-electron chi connectivity index (χ3n) is 4.30. The molecule has 0 amide bonds. The van der Waals surface area contributed by atoms with E-state index >= 15 is 0 Å². The van der Waals surface area contributed by atoms with Gasteiger partial charge in [0.15, 0.2) is 0 Å². The van der Waals surface area contributed by atoms with Crippen LogP contribution in [0, 0.1) is 19.8 Å². The third kappa shape index (κ3) is 6.36. The van der Waals surface area contributed by atoms with Gasteiger partial charge in [0.25, 0.3) is 5.56 Å². The zero-order valence-electron chi connectivity index (χ0n) is 16.9. The van der Waals surface area contributed by atoms with Crippen LogP contribution >= 0.6 is 11.3 Å². The van der Waals surface area contributed by atoms with Gasteiger partial charge in [-0.1, -0.05) is 13.8 Å². The molecule has 2 aromatic heterocycles. The number of aliphatic hydroxyl groups excluding tert-OH is 1. The Morgan fingerprint density at radius 1 is 1.30 bits per heavy atom. The zero-order chi connectivity index (χ0) is 20.0. The van der Waals surface area contributed by atoms with Gasteiger partial charge in [-0.2, -0.15) is 0 Å². The van der Waals surface area contributed by atoms with Crippen LogP contribution in [-0.2, 0) is 16.0 Å². The number of rotatable bonds is 11. The van der Waals surface area contributed by atoms with Crippen LogP contribution in [0.15, 0.2) is 4.79 Å². The van der Waals surface area contributed by atoms with E-state index in [9.17, 15) is 9.90 Å².